The molecule has 0 radical (unpaired) electrons. The third kappa shape index (κ3) is 9.38. The highest BCUT2D eigenvalue weighted by Crippen LogP contribution is 2.38. The molecule has 218 valence electrons. The minimum Gasteiger partial charge on any atom is -0.481 e. The van der Waals surface area contributed by atoms with Crippen molar-refractivity contribution < 1.29 is 34.4 Å². The van der Waals surface area contributed by atoms with Crippen LogP contribution in [0.1, 0.15) is 86.0 Å². The Kier molecular flexibility index (Phi) is 11.5. The lowest BCUT2D eigenvalue weighted by atomic mass is 9.99. The van der Waals surface area contributed by atoms with E-state index in [4.69, 9.17) is 14.6 Å². The van der Waals surface area contributed by atoms with Gasteiger partial charge in [0.05, 0.1) is 24.9 Å². The van der Waals surface area contributed by atoms with E-state index in [2.05, 4.69) is 10.2 Å². The Morgan fingerprint density at radius 2 is 1.57 bits per heavy atom. The van der Waals surface area contributed by atoms with Gasteiger partial charge < -0.3 is 30.1 Å². The van der Waals surface area contributed by atoms with E-state index in [1.165, 1.54) is 0 Å². The molecule has 2 aromatic rings. The molecule has 2 fully saturated rings. The summed E-state index contributed by atoms with van der Waals surface area (Å²) in [5.41, 5.74) is 3.78. The predicted molar refractivity (Wildman–Crippen MR) is 149 cm³/mol. The molecule has 2 aromatic carbocycles. The van der Waals surface area contributed by atoms with E-state index in [1.54, 1.807) is 0 Å². The summed E-state index contributed by atoms with van der Waals surface area (Å²) in [4.78, 5) is 25.0. The predicted octanol–water partition coefficient (Wildman–Crippen LogP) is 3.83. The molecule has 0 spiro atoms. The number of ether oxygens (including phenoxy) is 2. The first-order chi connectivity index (χ1) is 19.4. The van der Waals surface area contributed by atoms with Crippen molar-refractivity contribution in [1.82, 2.24) is 10.2 Å². The lowest BCUT2D eigenvalue weighted by Crippen LogP contribution is -2.38. The molecule has 0 unspecified atom stereocenters. The van der Waals surface area contributed by atoms with E-state index in [0.29, 0.717) is 32.4 Å². The second-order valence-corrected chi connectivity index (χ2v) is 10.9. The average molecular weight is 555 g/mol. The lowest BCUT2D eigenvalue weighted by Gasteiger charge is -2.37. The van der Waals surface area contributed by atoms with Crippen LogP contribution < -0.4 is 5.32 Å². The molecule has 40 heavy (non-hydrogen) atoms. The molecule has 2 heterocycles. The van der Waals surface area contributed by atoms with Crippen molar-refractivity contribution in [2.45, 2.75) is 89.1 Å². The summed E-state index contributed by atoms with van der Waals surface area (Å²) < 4.78 is 12.8. The van der Waals surface area contributed by atoms with Crippen LogP contribution in [0.2, 0.25) is 0 Å². The summed E-state index contributed by atoms with van der Waals surface area (Å²) >= 11 is 0. The summed E-state index contributed by atoms with van der Waals surface area (Å²) in [5.74, 6) is -0.785. The number of carbonyl (C=O) groups excluding carboxylic acids is 1. The van der Waals surface area contributed by atoms with Gasteiger partial charge in [-0.2, -0.15) is 0 Å². The van der Waals surface area contributed by atoms with Crippen LogP contribution in [0.25, 0.3) is 0 Å². The van der Waals surface area contributed by atoms with E-state index >= 15 is 0 Å². The van der Waals surface area contributed by atoms with Gasteiger partial charge in [-0.3, -0.25) is 14.5 Å². The van der Waals surface area contributed by atoms with Crippen molar-refractivity contribution in [3.8, 4) is 0 Å². The first-order valence-corrected chi connectivity index (χ1v) is 14.4. The first-order valence-electron chi connectivity index (χ1n) is 14.4. The van der Waals surface area contributed by atoms with Crippen LogP contribution >= 0.6 is 0 Å². The monoisotopic (exact) mass is 554 g/mol. The van der Waals surface area contributed by atoms with Crippen molar-refractivity contribution in [1.29, 1.82) is 0 Å². The second kappa shape index (κ2) is 15.3. The van der Waals surface area contributed by atoms with Crippen LogP contribution in [0.3, 0.4) is 0 Å². The molecule has 2 aliphatic rings. The molecule has 4 N–H and O–H groups in total. The number of nitrogens with zero attached hydrogens (tertiary/aromatic N) is 1. The van der Waals surface area contributed by atoms with E-state index in [0.717, 1.165) is 61.0 Å². The highest BCUT2D eigenvalue weighted by atomic mass is 16.7. The number of hydrogen-bond acceptors (Lipinski definition) is 7. The van der Waals surface area contributed by atoms with Gasteiger partial charge in [-0.1, -0.05) is 61.4 Å². The first kappa shape index (κ1) is 30.1. The average Bonchev–Trinajstić information content (AvgIpc) is 3.37. The zero-order valence-corrected chi connectivity index (χ0v) is 23.0. The topological polar surface area (TPSA) is 129 Å². The number of β-amino-alcohol motifs (C(OH)–C–C–N with tert-alkyl or cyclic N) is 1. The summed E-state index contributed by atoms with van der Waals surface area (Å²) in [7, 11) is 0. The standard InChI is InChI=1S/C31H42N2O7/c34-21-23-9-11-24(12-10-23)28-17-27(20-33-16-15-26(35)19-33)39-31(40-28)25-13-7-22(8-14-25)18-32-29(36)5-3-1-2-4-6-30(37)38/h7-14,26-28,31,34-35H,1-6,15-21H2,(H,32,36)(H,37,38)/t26-,27-,28+,31+/m0/s1. The largest absolute Gasteiger partial charge is 0.481 e. The maximum Gasteiger partial charge on any atom is 0.303 e. The van der Waals surface area contributed by atoms with Crippen LogP contribution in [0.15, 0.2) is 48.5 Å². The van der Waals surface area contributed by atoms with Crippen LogP contribution in [0, 0.1) is 0 Å². The Morgan fingerprint density at radius 1 is 0.900 bits per heavy atom. The number of likely N-dealkylation sites (tertiary alicyclic amines) is 1. The van der Waals surface area contributed by atoms with Gasteiger partial charge in [0, 0.05) is 51.0 Å². The number of aliphatic hydroxyl groups is 2. The fraction of sp³-hybridized carbons (Fsp3) is 0.548. The van der Waals surface area contributed by atoms with Crippen molar-refractivity contribution in [3.05, 3.63) is 70.8 Å². The number of amides is 1. The van der Waals surface area contributed by atoms with Gasteiger partial charge in [-0.05, 0) is 36.0 Å². The second-order valence-electron chi connectivity index (χ2n) is 10.9. The number of carboxylic acid groups (broad SMARTS) is 1. The minimum atomic E-state index is -0.777. The molecule has 2 aliphatic heterocycles. The summed E-state index contributed by atoms with van der Waals surface area (Å²) in [5, 5.41) is 31.0. The molecular weight excluding hydrogens is 512 g/mol. The van der Waals surface area contributed by atoms with Gasteiger partial charge in [0.15, 0.2) is 6.29 Å². The number of unbranched alkanes of at least 4 members (excludes halogenated alkanes) is 3. The van der Waals surface area contributed by atoms with E-state index in [-0.39, 0.29) is 37.2 Å². The van der Waals surface area contributed by atoms with E-state index < -0.39 is 12.3 Å². The SMILES string of the molecule is O=C(O)CCCCCCC(=O)NCc1ccc([C@@H]2O[C@H](CN3CC[C@H](O)C3)C[C@H](c3ccc(CO)cc3)O2)cc1. The third-order valence-electron chi connectivity index (χ3n) is 7.61. The van der Waals surface area contributed by atoms with Gasteiger partial charge in [0.25, 0.3) is 0 Å². The lowest BCUT2D eigenvalue weighted by molar-refractivity contribution is -0.252. The molecule has 1 amide bonds. The smallest absolute Gasteiger partial charge is 0.303 e. The summed E-state index contributed by atoms with van der Waals surface area (Å²) in [6.07, 6.45) is 4.12. The van der Waals surface area contributed by atoms with Gasteiger partial charge in [-0.25, -0.2) is 0 Å². The number of carboxylic acids is 1. The normalized spacial score (nSPS) is 23.2. The van der Waals surface area contributed by atoms with Gasteiger partial charge in [0.1, 0.15) is 0 Å². The minimum absolute atomic E-state index is 0.00114. The molecule has 0 saturated carbocycles. The van der Waals surface area contributed by atoms with Crippen molar-refractivity contribution in [2.75, 3.05) is 19.6 Å². The zero-order valence-electron chi connectivity index (χ0n) is 23.0. The van der Waals surface area contributed by atoms with Crippen molar-refractivity contribution in [3.63, 3.8) is 0 Å². The van der Waals surface area contributed by atoms with Crippen LogP contribution in [0.5, 0.6) is 0 Å². The maximum absolute atomic E-state index is 12.2. The Labute approximate surface area is 236 Å². The third-order valence-corrected chi connectivity index (χ3v) is 7.61. The Balaban J connectivity index is 1.31. The van der Waals surface area contributed by atoms with Crippen LogP contribution in [0.4, 0.5) is 0 Å². The number of carbonyl (C=O) groups is 2. The highest BCUT2D eigenvalue weighted by Gasteiger charge is 2.34. The van der Waals surface area contributed by atoms with Crippen LogP contribution in [-0.4, -0.2) is 63.9 Å². The maximum atomic E-state index is 12.2. The molecule has 0 aliphatic carbocycles. The fourth-order valence-electron chi connectivity index (χ4n) is 5.30. The highest BCUT2D eigenvalue weighted by molar-refractivity contribution is 5.75. The van der Waals surface area contributed by atoms with Gasteiger partial charge >= 0.3 is 5.97 Å². The van der Waals surface area contributed by atoms with E-state index in [1.807, 2.05) is 48.5 Å². The molecule has 4 atom stereocenters. The number of aliphatic carboxylic acids is 1. The van der Waals surface area contributed by atoms with Crippen LogP contribution in [-0.2, 0) is 32.2 Å². The Hall–Kier alpha value is -2.82. The van der Waals surface area contributed by atoms with Crippen molar-refractivity contribution >= 4 is 11.9 Å². The number of hydrogen-bond donors (Lipinski definition) is 4. The summed E-state index contributed by atoms with van der Waals surface area (Å²) in [6.45, 7) is 2.68. The molecule has 2 saturated heterocycles. The molecule has 9 nitrogen and oxygen atoms in total. The molecule has 0 bridgehead atoms. The molecule has 4 rings (SSSR count). The number of aliphatic hydroxyl groups excluding tert-OH is 2. The number of rotatable bonds is 14. The zero-order chi connectivity index (χ0) is 28.3. The summed E-state index contributed by atoms with van der Waals surface area (Å²) in [6, 6.07) is 15.7. The molecule has 0 aromatic heterocycles. The molecular formula is C31H42N2O7. The number of nitrogens with one attached hydrogen (secondary N) is 1. The Morgan fingerprint density at radius 3 is 2.23 bits per heavy atom. The number of benzene rings is 2. The van der Waals surface area contributed by atoms with Crippen molar-refractivity contribution in [2.24, 2.45) is 0 Å². The van der Waals surface area contributed by atoms with Gasteiger partial charge in [-0.15, -0.1) is 0 Å². The fourth-order valence-corrected chi connectivity index (χ4v) is 5.30. The Bertz CT molecular complexity index is 1080. The van der Waals surface area contributed by atoms with Gasteiger partial charge in [0.2, 0.25) is 5.91 Å². The quantitative estimate of drug-likeness (QED) is 0.260. The molecule has 9 heteroatoms. The van der Waals surface area contributed by atoms with E-state index in [9.17, 15) is 19.8 Å².